The number of primary amides is 1. The third-order valence-corrected chi connectivity index (χ3v) is 3.87. The van der Waals surface area contributed by atoms with E-state index in [1.165, 1.54) is 0 Å². The number of rotatable bonds is 8. The Morgan fingerprint density at radius 2 is 1.95 bits per heavy atom. The summed E-state index contributed by atoms with van der Waals surface area (Å²) in [6.45, 7) is 5.00. The minimum Gasteiger partial charge on any atom is -0.396 e. The van der Waals surface area contributed by atoms with Crippen molar-refractivity contribution in [2.24, 2.45) is 11.1 Å². The lowest BCUT2D eigenvalue weighted by molar-refractivity contribution is -0.117. The molecule has 1 amide bonds. The molecule has 0 unspecified atom stereocenters. The molecule has 0 bridgehead atoms. The predicted octanol–water partition coefficient (Wildman–Crippen LogP) is 1.92. The van der Waals surface area contributed by atoms with Gasteiger partial charge in [0.25, 0.3) is 0 Å². The quantitative estimate of drug-likeness (QED) is 0.671. The zero-order chi connectivity index (χ0) is 14.3. The molecule has 0 aromatic heterocycles. The Balaban J connectivity index is 2.79. The summed E-state index contributed by atoms with van der Waals surface area (Å²) in [4.78, 5) is 11.0. The second-order valence-corrected chi connectivity index (χ2v) is 5.02. The van der Waals surface area contributed by atoms with Crippen molar-refractivity contribution in [2.75, 3.05) is 18.5 Å². The molecule has 0 saturated heterocycles. The van der Waals surface area contributed by atoms with Crippen molar-refractivity contribution >= 4 is 11.6 Å². The number of hydrogen-bond donors (Lipinski definition) is 3. The van der Waals surface area contributed by atoms with Gasteiger partial charge in [-0.15, -0.1) is 0 Å². The van der Waals surface area contributed by atoms with Crippen LogP contribution in [0.25, 0.3) is 0 Å². The summed E-state index contributed by atoms with van der Waals surface area (Å²) in [6.07, 6.45) is 2.05. The Bertz CT molecular complexity index is 406. The fourth-order valence-electron chi connectivity index (χ4n) is 2.10. The molecule has 0 spiro atoms. The minimum absolute atomic E-state index is 0.111. The molecule has 4 nitrogen and oxygen atoms in total. The van der Waals surface area contributed by atoms with Gasteiger partial charge in [0.05, 0.1) is 13.0 Å². The molecule has 0 heterocycles. The van der Waals surface area contributed by atoms with Crippen LogP contribution in [0.3, 0.4) is 0 Å². The van der Waals surface area contributed by atoms with Crippen molar-refractivity contribution in [3.8, 4) is 0 Å². The van der Waals surface area contributed by atoms with Gasteiger partial charge in [-0.25, -0.2) is 0 Å². The van der Waals surface area contributed by atoms with E-state index in [-0.39, 0.29) is 24.3 Å². The minimum atomic E-state index is -0.339. The van der Waals surface area contributed by atoms with Crippen LogP contribution in [0.4, 0.5) is 5.69 Å². The number of hydrogen-bond acceptors (Lipinski definition) is 3. The number of amides is 1. The van der Waals surface area contributed by atoms with E-state index in [0.29, 0.717) is 6.54 Å². The molecule has 4 N–H and O–H groups in total. The Hall–Kier alpha value is -1.55. The van der Waals surface area contributed by atoms with Crippen molar-refractivity contribution in [3.63, 3.8) is 0 Å². The van der Waals surface area contributed by atoms with Gasteiger partial charge in [0.1, 0.15) is 0 Å². The number of anilines is 1. The number of nitrogens with one attached hydrogen (secondary N) is 1. The fourth-order valence-corrected chi connectivity index (χ4v) is 2.10. The Kier molecular flexibility index (Phi) is 5.83. The molecule has 1 rings (SSSR count). The fraction of sp³-hybridized carbons (Fsp3) is 0.533. The van der Waals surface area contributed by atoms with Crippen LogP contribution in [0.2, 0.25) is 0 Å². The van der Waals surface area contributed by atoms with E-state index in [4.69, 9.17) is 5.73 Å². The van der Waals surface area contributed by atoms with Crippen LogP contribution in [0.15, 0.2) is 24.3 Å². The highest BCUT2D eigenvalue weighted by Crippen LogP contribution is 2.27. The van der Waals surface area contributed by atoms with Gasteiger partial charge in [0.15, 0.2) is 0 Å². The lowest BCUT2D eigenvalue weighted by Crippen LogP contribution is -2.32. The molecule has 1 aromatic carbocycles. The number of benzene rings is 1. The van der Waals surface area contributed by atoms with E-state index in [9.17, 15) is 9.90 Å². The van der Waals surface area contributed by atoms with Gasteiger partial charge >= 0.3 is 0 Å². The van der Waals surface area contributed by atoms with Gasteiger partial charge in [-0.1, -0.05) is 32.0 Å². The van der Waals surface area contributed by atoms with Crippen LogP contribution in [0, 0.1) is 5.41 Å². The second kappa shape index (κ2) is 7.14. The predicted molar refractivity (Wildman–Crippen MR) is 77.9 cm³/mol. The molecule has 0 radical (unpaired) electrons. The van der Waals surface area contributed by atoms with Gasteiger partial charge in [-0.3, -0.25) is 4.79 Å². The number of aliphatic hydroxyl groups is 1. The maximum absolute atomic E-state index is 11.0. The van der Waals surface area contributed by atoms with E-state index in [1.807, 2.05) is 24.3 Å². The topological polar surface area (TPSA) is 75.3 Å². The van der Waals surface area contributed by atoms with Gasteiger partial charge in [0.2, 0.25) is 5.91 Å². The van der Waals surface area contributed by atoms with E-state index < -0.39 is 0 Å². The summed E-state index contributed by atoms with van der Waals surface area (Å²) in [6, 6.07) is 7.64. The maximum atomic E-state index is 11.0. The number of carbonyl (C=O) groups is 1. The number of carbonyl (C=O) groups excluding carboxylic acids is 1. The lowest BCUT2D eigenvalue weighted by atomic mass is 9.83. The summed E-state index contributed by atoms with van der Waals surface area (Å²) in [7, 11) is 0. The maximum Gasteiger partial charge on any atom is 0.221 e. The SMILES string of the molecule is CCC(CC)(CO)CNc1ccccc1CC(N)=O. The van der Waals surface area contributed by atoms with Crippen LogP contribution in [0.5, 0.6) is 0 Å². The first kappa shape index (κ1) is 15.5. The molecule has 0 saturated carbocycles. The largest absolute Gasteiger partial charge is 0.396 e. The van der Waals surface area contributed by atoms with Crippen LogP contribution in [0.1, 0.15) is 32.3 Å². The van der Waals surface area contributed by atoms with Crippen molar-refractivity contribution in [1.29, 1.82) is 0 Å². The number of para-hydroxylation sites is 1. The first-order valence-electron chi connectivity index (χ1n) is 6.78. The van der Waals surface area contributed by atoms with Gasteiger partial charge in [-0.05, 0) is 24.5 Å². The van der Waals surface area contributed by atoms with Gasteiger partial charge < -0.3 is 16.2 Å². The van der Waals surface area contributed by atoms with E-state index >= 15 is 0 Å². The molecule has 19 heavy (non-hydrogen) atoms. The highest BCUT2D eigenvalue weighted by atomic mass is 16.3. The smallest absolute Gasteiger partial charge is 0.221 e. The van der Waals surface area contributed by atoms with Crippen molar-refractivity contribution in [3.05, 3.63) is 29.8 Å². The zero-order valence-corrected chi connectivity index (χ0v) is 11.8. The Morgan fingerprint density at radius 1 is 1.32 bits per heavy atom. The van der Waals surface area contributed by atoms with Crippen molar-refractivity contribution in [2.45, 2.75) is 33.1 Å². The van der Waals surface area contributed by atoms with Crippen molar-refractivity contribution in [1.82, 2.24) is 0 Å². The molecule has 0 aliphatic heterocycles. The molecule has 0 atom stereocenters. The molecular formula is C15H24N2O2. The third-order valence-electron chi connectivity index (χ3n) is 3.87. The zero-order valence-electron chi connectivity index (χ0n) is 11.8. The summed E-state index contributed by atoms with van der Waals surface area (Å²) < 4.78 is 0. The van der Waals surface area contributed by atoms with E-state index in [2.05, 4.69) is 19.2 Å². The average Bonchev–Trinajstić information content (AvgIpc) is 2.42. The number of aliphatic hydroxyl groups excluding tert-OH is 1. The van der Waals surface area contributed by atoms with Crippen LogP contribution < -0.4 is 11.1 Å². The second-order valence-electron chi connectivity index (χ2n) is 5.02. The van der Waals surface area contributed by atoms with Crippen LogP contribution in [-0.4, -0.2) is 24.2 Å². The number of nitrogens with two attached hydrogens (primary N) is 1. The highest BCUT2D eigenvalue weighted by molar-refractivity contribution is 5.78. The standard InChI is InChI=1S/C15H24N2O2/c1-3-15(4-2,11-18)10-17-13-8-6-5-7-12(13)9-14(16)19/h5-8,17-18H,3-4,9-11H2,1-2H3,(H2,16,19). The first-order chi connectivity index (χ1) is 9.06. The first-order valence-corrected chi connectivity index (χ1v) is 6.78. The molecule has 0 aliphatic carbocycles. The van der Waals surface area contributed by atoms with Gasteiger partial charge in [-0.2, -0.15) is 0 Å². The molecular weight excluding hydrogens is 240 g/mol. The molecule has 0 fully saturated rings. The van der Waals surface area contributed by atoms with E-state index in [0.717, 1.165) is 24.1 Å². The monoisotopic (exact) mass is 264 g/mol. The average molecular weight is 264 g/mol. The van der Waals surface area contributed by atoms with Gasteiger partial charge in [0, 0.05) is 17.6 Å². The van der Waals surface area contributed by atoms with Crippen molar-refractivity contribution < 1.29 is 9.90 Å². The summed E-state index contributed by atoms with van der Waals surface area (Å²) in [5.41, 5.74) is 6.95. The third kappa shape index (κ3) is 4.24. The summed E-state index contributed by atoms with van der Waals surface area (Å²) >= 11 is 0. The molecule has 106 valence electrons. The molecule has 4 heteroatoms. The normalized spacial score (nSPS) is 11.3. The Morgan fingerprint density at radius 3 is 2.47 bits per heavy atom. The summed E-state index contributed by atoms with van der Waals surface area (Å²) in [5, 5.41) is 12.9. The lowest BCUT2D eigenvalue weighted by Gasteiger charge is -2.30. The molecule has 0 aliphatic rings. The highest BCUT2D eigenvalue weighted by Gasteiger charge is 2.25. The van der Waals surface area contributed by atoms with E-state index in [1.54, 1.807) is 0 Å². The van der Waals surface area contributed by atoms with Crippen LogP contribution >= 0.6 is 0 Å². The Labute approximate surface area is 115 Å². The molecule has 1 aromatic rings. The summed E-state index contributed by atoms with van der Waals surface area (Å²) in [5.74, 6) is -0.339. The van der Waals surface area contributed by atoms with Crippen LogP contribution in [-0.2, 0) is 11.2 Å².